The van der Waals surface area contributed by atoms with Crippen molar-refractivity contribution in [2.45, 2.75) is 38.6 Å². The van der Waals surface area contributed by atoms with Crippen LogP contribution in [0.4, 0.5) is 4.79 Å². The second-order valence-electron chi connectivity index (χ2n) is 7.14. The maximum Gasteiger partial charge on any atom is 0.317 e. The topological polar surface area (TPSA) is 52.0 Å². The molecule has 2 amide bonds. The molecule has 0 aliphatic carbocycles. The van der Waals surface area contributed by atoms with E-state index >= 15 is 0 Å². The Morgan fingerprint density at radius 2 is 2.00 bits per heavy atom. The van der Waals surface area contributed by atoms with Crippen molar-refractivity contribution in [3.05, 3.63) is 24.2 Å². The van der Waals surface area contributed by atoms with Gasteiger partial charge in [0.2, 0.25) is 0 Å². The van der Waals surface area contributed by atoms with Crippen molar-refractivity contribution in [1.29, 1.82) is 0 Å². The second kappa shape index (κ2) is 9.25. The number of urea groups is 1. The summed E-state index contributed by atoms with van der Waals surface area (Å²) in [7, 11) is 0. The zero-order valence-corrected chi connectivity index (χ0v) is 15.5. The summed E-state index contributed by atoms with van der Waals surface area (Å²) in [4.78, 5) is 19.5. The van der Waals surface area contributed by atoms with Crippen LogP contribution in [0, 0.1) is 0 Å². The zero-order valence-electron chi connectivity index (χ0n) is 15.5. The van der Waals surface area contributed by atoms with Crippen LogP contribution in [-0.2, 0) is 0 Å². The minimum absolute atomic E-state index is 0.0640. The molecule has 6 nitrogen and oxygen atoms in total. The van der Waals surface area contributed by atoms with Crippen LogP contribution in [0.2, 0.25) is 0 Å². The first-order valence-corrected chi connectivity index (χ1v) is 9.80. The summed E-state index contributed by atoms with van der Waals surface area (Å²) >= 11 is 0. The first-order chi connectivity index (χ1) is 12.3. The molecule has 2 saturated heterocycles. The minimum Gasteiger partial charge on any atom is -0.468 e. The van der Waals surface area contributed by atoms with Gasteiger partial charge in [-0.15, -0.1) is 0 Å². The highest BCUT2D eigenvalue weighted by Gasteiger charge is 2.27. The molecular weight excluding hydrogens is 316 g/mol. The molecule has 2 fully saturated rings. The standard InChI is InChI=1S/C19H32N4O2/c1-2-8-21-9-6-12-23(14-13-21)19(24)20-16-17(18-7-5-15-25-18)22-10-3-4-11-22/h5,7,15,17H,2-4,6,8-14,16H2,1H3,(H,20,24)/t17-/m0/s1. The maximum absolute atomic E-state index is 12.7. The zero-order chi connectivity index (χ0) is 17.5. The number of nitrogens with one attached hydrogen (secondary N) is 1. The van der Waals surface area contributed by atoms with E-state index in [1.54, 1.807) is 6.26 Å². The van der Waals surface area contributed by atoms with Crippen molar-refractivity contribution in [3.63, 3.8) is 0 Å². The number of amides is 2. The Balaban J connectivity index is 1.52. The van der Waals surface area contributed by atoms with E-state index in [4.69, 9.17) is 4.42 Å². The van der Waals surface area contributed by atoms with Gasteiger partial charge in [0.15, 0.2) is 0 Å². The molecule has 3 heterocycles. The molecule has 0 bridgehead atoms. The highest BCUT2D eigenvalue weighted by Crippen LogP contribution is 2.24. The monoisotopic (exact) mass is 348 g/mol. The summed E-state index contributed by atoms with van der Waals surface area (Å²) in [5.74, 6) is 0.951. The molecule has 1 N–H and O–H groups in total. The van der Waals surface area contributed by atoms with E-state index in [1.807, 2.05) is 17.0 Å². The van der Waals surface area contributed by atoms with E-state index in [1.165, 1.54) is 19.3 Å². The van der Waals surface area contributed by atoms with Gasteiger partial charge < -0.3 is 19.5 Å². The maximum atomic E-state index is 12.7. The molecule has 2 aliphatic rings. The molecule has 0 radical (unpaired) electrons. The van der Waals surface area contributed by atoms with Gasteiger partial charge in [-0.3, -0.25) is 4.90 Å². The Hall–Kier alpha value is -1.53. The molecule has 2 aliphatic heterocycles. The number of carbonyl (C=O) groups excluding carboxylic acids is 1. The third-order valence-corrected chi connectivity index (χ3v) is 5.32. The summed E-state index contributed by atoms with van der Waals surface area (Å²) in [6.45, 7) is 9.86. The lowest BCUT2D eigenvalue weighted by atomic mass is 10.2. The van der Waals surface area contributed by atoms with Crippen LogP contribution >= 0.6 is 0 Å². The van der Waals surface area contributed by atoms with E-state index in [-0.39, 0.29) is 12.1 Å². The van der Waals surface area contributed by atoms with E-state index in [2.05, 4.69) is 22.0 Å². The Kier molecular flexibility index (Phi) is 6.76. The van der Waals surface area contributed by atoms with E-state index < -0.39 is 0 Å². The van der Waals surface area contributed by atoms with Gasteiger partial charge in [0.25, 0.3) is 0 Å². The molecule has 0 aromatic carbocycles. The molecule has 3 rings (SSSR count). The number of hydrogen-bond donors (Lipinski definition) is 1. The van der Waals surface area contributed by atoms with E-state index in [9.17, 15) is 4.79 Å². The highest BCUT2D eigenvalue weighted by molar-refractivity contribution is 5.74. The summed E-state index contributed by atoms with van der Waals surface area (Å²) in [5.41, 5.74) is 0. The lowest BCUT2D eigenvalue weighted by Gasteiger charge is -2.28. The van der Waals surface area contributed by atoms with Gasteiger partial charge in [0, 0.05) is 26.2 Å². The van der Waals surface area contributed by atoms with Crippen molar-refractivity contribution in [3.8, 4) is 0 Å². The SMILES string of the molecule is CCCN1CCCN(C(=O)NC[C@@H](c2ccco2)N2CCCC2)CC1. The first-order valence-electron chi connectivity index (χ1n) is 9.80. The molecule has 0 unspecified atom stereocenters. The van der Waals surface area contributed by atoms with Gasteiger partial charge in [0.1, 0.15) is 5.76 Å². The van der Waals surface area contributed by atoms with E-state index in [0.717, 1.165) is 58.0 Å². The number of furan rings is 1. The fourth-order valence-electron chi connectivity index (χ4n) is 3.95. The molecule has 1 aromatic rings. The summed E-state index contributed by atoms with van der Waals surface area (Å²) in [6.07, 6.45) is 6.40. The van der Waals surface area contributed by atoms with Gasteiger partial charge in [-0.25, -0.2) is 4.79 Å². The lowest BCUT2D eigenvalue weighted by Crippen LogP contribution is -2.45. The van der Waals surface area contributed by atoms with Gasteiger partial charge in [0.05, 0.1) is 12.3 Å². The quantitative estimate of drug-likeness (QED) is 0.858. The molecule has 0 saturated carbocycles. The number of hydrogen-bond acceptors (Lipinski definition) is 4. The largest absolute Gasteiger partial charge is 0.468 e. The minimum atomic E-state index is 0.0640. The van der Waals surface area contributed by atoms with Crippen LogP contribution in [-0.4, -0.2) is 73.1 Å². The highest BCUT2D eigenvalue weighted by atomic mass is 16.3. The van der Waals surface area contributed by atoms with Crippen molar-refractivity contribution < 1.29 is 9.21 Å². The van der Waals surface area contributed by atoms with Crippen molar-refractivity contribution >= 4 is 6.03 Å². The van der Waals surface area contributed by atoms with Crippen molar-refractivity contribution in [2.75, 3.05) is 52.4 Å². The Labute approximate surface area is 151 Å². The smallest absolute Gasteiger partial charge is 0.317 e. The van der Waals surface area contributed by atoms with Gasteiger partial charge in [-0.2, -0.15) is 0 Å². The van der Waals surface area contributed by atoms with Gasteiger partial charge in [-0.05, 0) is 64.0 Å². The molecule has 6 heteroatoms. The summed E-state index contributed by atoms with van der Waals surface area (Å²) in [5, 5.41) is 3.16. The lowest BCUT2D eigenvalue weighted by molar-refractivity contribution is 0.181. The normalized spacial score (nSPS) is 21.2. The van der Waals surface area contributed by atoms with Crippen LogP contribution in [0.5, 0.6) is 0 Å². The first kappa shape index (κ1) is 18.3. The third kappa shape index (κ3) is 4.98. The van der Waals surface area contributed by atoms with Crippen LogP contribution in [0.15, 0.2) is 22.8 Å². The van der Waals surface area contributed by atoms with Crippen molar-refractivity contribution in [1.82, 2.24) is 20.0 Å². The third-order valence-electron chi connectivity index (χ3n) is 5.32. The molecular formula is C19H32N4O2. The van der Waals surface area contributed by atoms with Crippen molar-refractivity contribution in [2.24, 2.45) is 0 Å². The number of nitrogens with zero attached hydrogens (tertiary/aromatic N) is 3. The number of carbonyl (C=O) groups is 1. The fraction of sp³-hybridized carbons (Fsp3) is 0.737. The van der Waals surface area contributed by atoms with Crippen LogP contribution in [0.3, 0.4) is 0 Å². The van der Waals surface area contributed by atoms with Crippen LogP contribution in [0.1, 0.15) is 44.4 Å². The fourth-order valence-corrected chi connectivity index (χ4v) is 3.95. The van der Waals surface area contributed by atoms with Crippen LogP contribution < -0.4 is 5.32 Å². The predicted octanol–water partition coefficient (Wildman–Crippen LogP) is 2.54. The van der Waals surface area contributed by atoms with Crippen LogP contribution in [0.25, 0.3) is 0 Å². The Bertz CT molecular complexity index is 514. The Morgan fingerprint density at radius 3 is 2.72 bits per heavy atom. The number of rotatable bonds is 6. The number of likely N-dealkylation sites (tertiary alicyclic amines) is 1. The summed E-state index contributed by atoms with van der Waals surface area (Å²) in [6, 6.07) is 4.15. The molecule has 1 aromatic heterocycles. The molecule has 25 heavy (non-hydrogen) atoms. The predicted molar refractivity (Wildman–Crippen MR) is 98.6 cm³/mol. The second-order valence-corrected chi connectivity index (χ2v) is 7.14. The van der Waals surface area contributed by atoms with Gasteiger partial charge >= 0.3 is 6.03 Å². The van der Waals surface area contributed by atoms with E-state index in [0.29, 0.717) is 6.54 Å². The summed E-state index contributed by atoms with van der Waals surface area (Å²) < 4.78 is 5.63. The molecule has 140 valence electrons. The Morgan fingerprint density at radius 1 is 1.16 bits per heavy atom. The average Bonchev–Trinajstić information content (AvgIpc) is 3.28. The molecule has 0 spiro atoms. The van der Waals surface area contributed by atoms with Gasteiger partial charge in [-0.1, -0.05) is 6.92 Å². The molecule has 1 atom stereocenters. The average molecular weight is 348 g/mol.